The lowest BCUT2D eigenvalue weighted by Crippen LogP contribution is -2.62. The van der Waals surface area contributed by atoms with Gasteiger partial charge >= 0.3 is 0 Å². The largest absolute Gasteiger partial charge is 0.362 e. The Morgan fingerprint density at radius 3 is 2.45 bits per heavy atom. The summed E-state index contributed by atoms with van der Waals surface area (Å²) >= 11 is 6.49. The molecule has 0 spiro atoms. The number of nitrogens with zero attached hydrogens (tertiary/aromatic N) is 4. The average molecular weight is 471 g/mol. The number of rotatable bonds is 6. The van der Waals surface area contributed by atoms with Crippen molar-refractivity contribution in [2.45, 2.75) is 44.7 Å². The number of pyridine rings is 1. The fourth-order valence-electron chi connectivity index (χ4n) is 6.75. The third-order valence-corrected chi connectivity index (χ3v) is 8.20. The van der Waals surface area contributed by atoms with Crippen LogP contribution in [0.2, 0.25) is 5.02 Å². The SMILES string of the molecule is CN(C)c1c(Cl)c(C(=O)NC2C3CC4CC2CC(C(=O)NCc2ccncc2)(C4)C3)nn1C. The van der Waals surface area contributed by atoms with Crippen molar-refractivity contribution < 1.29 is 9.59 Å². The molecule has 2 atom stereocenters. The third-order valence-electron chi connectivity index (χ3n) is 7.85. The van der Waals surface area contributed by atoms with Gasteiger partial charge in [0, 0.05) is 46.1 Å². The summed E-state index contributed by atoms with van der Waals surface area (Å²) in [5, 5.41) is 11.2. The molecule has 4 saturated carbocycles. The zero-order valence-electron chi connectivity index (χ0n) is 19.3. The summed E-state index contributed by atoms with van der Waals surface area (Å²) in [4.78, 5) is 32.4. The standard InChI is InChI=1S/C24H31ClN6O2/c1-30(2)22-18(25)20(29-31(22)3)21(32)28-19-16-8-15-9-17(19)12-24(10-15,11-16)23(33)27-13-14-4-6-26-7-5-14/h4-7,15-17,19H,8-13H2,1-3H3,(H,27,33)(H,28,32). The van der Waals surface area contributed by atoms with E-state index in [1.807, 2.05) is 31.1 Å². The van der Waals surface area contributed by atoms with Gasteiger partial charge in [-0.15, -0.1) is 0 Å². The Labute approximate surface area is 199 Å². The second-order valence-corrected chi connectivity index (χ2v) is 10.7. The summed E-state index contributed by atoms with van der Waals surface area (Å²) in [6.07, 6.45) is 8.24. The molecular formula is C24H31ClN6O2. The molecule has 0 radical (unpaired) electrons. The molecule has 0 saturated heterocycles. The first-order valence-corrected chi connectivity index (χ1v) is 12.0. The van der Waals surface area contributed by atoms with Crippen LogP contribution in [-0.2, 0) is 18.4 Å². The molecule has 4 fully saturated rings. The van der Waals surface area contributed by atoms with E-state index in [-0.39, 0.29) is 29.0 Å². The Kier molecular flexibility index (Phi) is 5.59. The van der Waals surface area contributed by atoms with Crippen LogP contribution in [-0.4, -0.2) is 46.7 Å². The maximum atomic E-state index is 13.3. The van der Waals surface area contributed by atoms with E-state index < -0.39 is 0 Å². The number of halogens is 1. The maximum absolute atomic E-state index is 13.3. The molecule has 0 aliphatic heterocycles. The summed E-state index contributed by atoms with van der Waals surface area (Å²) < 4.78 is 1.64. The first-order valence-electron chi connectivity index (χ1n) is 11.7. The van der Waals surface area contributed by atoms with Gasteiger partial charge in [0.15, 0.2) is 5.69 Å². The summed E-state index contributed by atoms with van der Waals surface area (Å²) in [6.45, 7) is 0.523. The minimum Gasteiger partial charge on any atom is -0.362 e. The topological polar surface area (TPSA) is 92.2 Å². The van der Waals surface area contributed by atoms with Crippen LogP contribution in [0.15, 0.2) is 24.5 Å². The number of carbonyl (C=O) groups is 2. The Bertz CT molecular complexity index is 1050. The van der Waals surface area contributed by atoms with Gasteiger partial charge in [0.1, 0.15) is 10.8 Å². The van der Waals surface area contributed by atoms with E-state index in [9.17, 15) is 9.59 Å². The van der Waals surface area contributed by atoms with Crippen LogP contribution in [0.1, 0.15) is 48.2 Å². The van der Waals surface area contributed by atoms with E-state index in [4.69, 9.17) is 11.6 Å². The van der Waals surface area contributed by atoms with Crippen LogP contribution in [0.25, 0.3) is 0 Å². The lowest BCUT2D eigenvalue weighted by atomic mass is 9.47. The number of hydrogen-bond donors (Lipinski definition) is 2. The van der Waals surface area contributed by atoms with Gasteiger partial charge in [-0.3, -0.25) is 19.3 Å². The quantitative estimate of drug-likeness (QED) is 0.677. The smallest absolute Gasteiger partial charge is 0.273 e. The van der Waals surface area contributed by atoms with Crippen LogP contribution >= 0.6 is 11.6 Å². The molecule has 2 amide bonds. The van der Waals surface area contributed by atoms with Gasteiger partial charge in [0.2, 0.25) is 5.91 Å². The minimum absolute atomic E-state index is 0.0658. The summed E-state index contributed by atoms with van der Waals surface area (Å²) in [5.74, 6) is 1.81. The van der Waals surface area contributed by atoms with Crippen LogP contribution < -0.4 is 15.5 Å². The Hall–Kier alpha value is -2.61. The average Bonchev–Trinajstić information content (AvgIpc) is 3.08. The first-order chi connectivity index (χ1) is 15.8. The molecule has 176 valence electrons. The number of hydrogen-bond acceptors (Lipinski definition) is 5. The van der Waals surface area contributed by atoms with Gasteiger partial charge in [-0.1, -0.05) is 11.6 Å². The van der Waals surface area contributed by atoms with E-state index in [0.29, 0.717) is 35.1 Å². The molecule has 4 aliphatic rings. The Morgan fingerprint density at radius 2 is 1.85 bits per heavy atom. The first kappa shape index (κ1) is 22.2. The molecule has 33 heavy (non-hydrogen) atoms. The number of aryl methyl sites for hydroxylation is 1. The fraction of sp³-hybridized carbons (Fsp3) is 0.583. The molecule has 6 rings (SSSR count). The minimum atomic E-state index is -0.314. The normalized spacial score (nSPS) is 29.7. The van der Waals surface area contributed by atoms with Gasteiger partial charge in [0.25, 0.3) is 5.91 Å². The van der Waals surface area contributed by atoms with E-state index in [1.54, 1.807) is 24.1 Å². The summed E-state index contributed by atoms with van der Waals surface area (Å²) in [7, 11) is 5.54. The van der Waals surface area contributed by atoms with Gasteiger partial charge in [-0.25, -0.2) is 0 Å². The third kappa shape index (κ3) is 3.88. The molecule has 4 bridgehead atoms. The predicted molar refractivity (Wildman–Crippen MR) is 126 cm³/mol. The highest BCUT2D eigenvalue weighted by Gasteiger charge is 2.58. The Balaban J connectivity index is 1.29. The number of nitrogens with one attached hydrogen (secondary N) is 2. The summed E-state index contributed by atoms with van der Waals surface area (Å²) in [5.41, 5.74) is 1.00. The number of amides is 2. The van der Waals surface area contributed by atoms with E-state index in [0.717, 1.165) is 37.7 Å². The number of aromatic nitrogens is 3. The fourth-order valence-corrected chi connectivity index (χ4v) is 7.16. The van der Waals surface area contributed by atoms with Crippen LogP contribution in [0, 0.1) is 23.2 Å². The lowest BCUT2D eigenvalue weighted by molar-refractivity contribution is -0.149. The number of anilines is 1. The van der Waals surface area contributed by atoms with Crippen molar-refractivity contribution in [2.24, 2.45) is 30.2 Å². The van der Waals surface area contributed by atoms with Crippen LogP contribution in [0.4, 0.5) is 5.82 Å². The molecule has 9 heteroatoms. The second-order valence-electron chi connectivity index (χ2n) is 10.3. The molecule has 2 aromatic heterocycles. The molecule has 2 N–H and O–H groups in total. The highest BCUT2D eigenvalue weighted by atomic mass is 35.5. The van der Waals surface area contributed by atoms with E-state index in [2.05, 4.69) is 20.7 Å². The predicted octanol–water partition coefficient (Wildman–Crippen LogP) is 2.78. The van der Waals surface area contributed by atoms with Gasteiger partial charge in [-0.05, 0) is 67.6 Å². The monoisotopic (exact) mass is 470 g/mol. The van der Waals surface area contributed by atoms with Crippen LogP contribution in [0.5, 0.6) is 0 Å². The van der Waals surface area contributed by atoms with Gasteiger partial charge in [-0.2, -0.15) is 5.10 Å². The zero-order valence-corrected chi connectivity index (χ0v) is 20.1. The molecular weight excluding hydrogens is 440 g/mol. The van der Waals surface area contributed by atoms with Crippen molar-refractivity contribution in [3.8, 4) is 0 Å². The molecule has 4 aliphatic carbocycles. The highest BCUT2D eigenvalue weighted by Crippen LogP contribution is 2.60. The lowest BCUT2D eigenvalue weighted by Gasteiger charge is -2.59. The van der Waals surface area contributed by atoms with E-state index >= 15 is 0 Å². The molecule has 8 nitrogen and oxygen atoms in total. The zero-order chi connectivity index (χ0) is 23.3. The molecule has 2 unspecified atom stereocenters. The molecule has 2 heterocycles. The number of carbonyl (C=O) groups excluding carboxylic acids is 2. The highest BCUT2D eigenvalue weighted by molar-refractivity contribution is 6.36. The van der Waals surface area contributed by atoms with Crippen molar-refractivity contribution >= 4 is 29.2 Å². The van der Waals surface area contributed by atoms with Gasteiger partial charge in [0.05, 0.1) is 5.41 Å². The Morgan fingerprint density at radius 1 is 1.18 bits per heavy atom. The van der Waals surface area contributed by atoms with Gasteiger partial charge < -0.3 is 15.5 Å². The van der Waals surface area contributed by atoms with Crippen molar-refractivity contribution in [3.05, 3.63) is 40.8 Å². The molecule has 2 aromatic rings. The van der Waals surface area contributed by atoms with Crippen molar-refractivity contribution in [1.29, 1.82) is 0 Å². The maximum Gasteiger partial charge on any atom is 0.273 e. The van der Waals surface area contributed by atoms with Crippen molar-refractivity contribution in [1.82, 2.24) is 25.4 Å². The van der Waals surface area contributed by atoms with Crippen LogP contribution in [0.3, 0.4) is 0 Å². The molecule has 0 aromatic carbocycles. The summed E-state index contributed by atoms with van der Waals surface area (Å²) in [6, 6.07) is 3.92. The second kappa shape index (κ2) is 8.31. The van der Waals surface area contributed by atoms with Crippen molar-refractivity contribution in [3.63, 3.8) is 0 Å². The van der Waals surface area contributed by atoms with E-state index in [1.165, 1.54) is 0 Å². The van der Waals surface area contributed by atoms with Crippen molar-refractivity contribution in [2.75, 3.05) is 19.0 Å².